The summed E-state index contributed by atoms with van der Waals surface area (Å²) in [5.41, 5.74) is 7.90. The highest BCUT2D eigenvalue weighted by Crippen LogP contribution is 2.55. The lowest BCUT2D eigenvalue weighted by atomic mass is 9.59. The monoisotopic (exact) mass is 707 g/mol. The van der Waals surface area contributed by atoms with Gasteiger partial charge < -0.3 is 60.8 Å². The van der Waals surface area contributed by atoms with E-state index in [1.807, 2.05) is 18.2 Å². The predicted molar refractivity (Wildman–Crippen MR) is 187 cm³/mol. The van der Waals surface area contributed by atoms with Gasteiger partial charge in [-0.1, -0.05) is 24.3 Å². The molecule has 1 spiro atoms. The number of aliphatic carboxylic acids is 1. The number of aliphatic hydroxyl groups is 2. The molecule has 2 saturated heterocycles. The molecule has 0 radical (unpaired) electrons. The molecule has 2 fully saturated rings. The van der Waals surface area contributed by atoms with Gasteiger partial charge in [0.05, 0.1) is 37.2 Å². The number of dihydropyridines is 1. The number of methoxy groups -OCH3 is 1. The standard InChI is InChI=1S/C38H49N3O10/c1-21-9-11-38(27(6-7-28(38)37(46)47)23-10-12-40-35(39)16-23)34(41-21)19-49-33-15-24(14-32(48-2)36(33)45)30-18-25(43)17-26(51-30)5-3-22-4-8-29(44)31(13-22)50-20-42/h4,6-8,10,13-16,21,25-28,30,34,40-45H,3,5,9,11-12,17-20,39H2,1-2H3,(H,46,47)/t21-,25+,26+,27-,28-,30+,34-,38+/m1/s1. The molecular weight excluding hydrogens is 658 g/mol. The van der Waals surface area contributed by atoms with Crippen LogP contribution in [-0.4, -0.2) is 82.8 Å². The van der Waals surface area contributed by atoms with Crippen LogP contribution in [0.15, 0.2) is 66.0 Å². The first-order valence-corrected chi connectivity index (χ1v) is 17.5. The summed E-state index contributed by atoms with van der Waals surface area (Å²) in [6.45, 7) is 2.14. The highest BCUT2D eigenvalue weighted by atomic mass is 16.6. The maximum atomic E-state index is 12.8. The third-order valence-corrected chi connectivity index (χ3v) is 10.8. The normalized spacial score (nSPS) is 30.3. The summed E-state index contributed by atoms with van der Waals surface area (Å²) in [7, 11) is 1.45. The van der Waals surface area contributed by atoms with Gasteiger partial charge in [0.2, 0.25) is 5.75 Å². The highest BCUT2D eigenvalue weighted by Gasteiger charge is 2.57. The summed E-state index contributed by atoms with van der Waals surface area (Å²) < 4.78 is 23.5. The van der Waals surface area contributed by atoms with E-state index >= 15 is 0 Å². The minimum Gasteiger partial charge on any atom is -0.504 e. The number of phenolic OH excluding ortho intramolecular Hbond substituents is 2. The molecule has 0 bridgehead atoms. The first-order valence-electron chi connectivity index (χ1n) is 17.5. The van der Waals surface area contributed by atoms with Crippen molar-refractivity contribution >= 4 is 5.97 Å². The number of aliphatic hydroxyl groups excluding tert-OH is 2. The molecule has 3 heterocycles. The van der Waals surface area contributed by atoms with E-state index in [2.05, 4.69) is 17.6 Å². The maximum Gasteiger partial charge on any atom is 0.311 e. The largest absolute Gasteiger partial charge is 0.504 e. The van der Waals surface area contributed by atoms with E-state index in [1.165, 1.54) is 13.2 Å². The fourth-order valence-electron chi connectivity index (χ4n) is 8.32. The molecule has 51 heavy (non-hydrogen) atoms. The predicted octanol–water partition coefficient (Wildman–Crippen LogP) is 3.37. The van der Waals surface area contributed by atoms with E-state index in [-0.39, 0.29) is 53.4 Å². The van der Waals surface area contributed by atoms with Crippen molar-refractivity contribution in [1.29, 1.82) is 0 Å². The third kappa shape index (κ3) is 7.62. The van der Waals surface area contributed by atoms with E-state index in [1.54, 1.807) is 30.3 Å². The Labute approximate surface area is 297 Å². The van der Waals surface area contributed by atoms with Gasteiger partial charge in [0, 0.05) is 36.4 Å². The molecule has 4 aliphatic rings. The molecular formula is C38H49N3O10. The van der Waals surface area contributed by atoms with Gasteiger partial charge in [-0.05, 0) is 86.1 Å². The van der Waals surface area contributed by atoms with Crippen LogP contribution >= 0.6 is 0 Å². The van der Waals surface area contributed by atoms with Crippen LogP contribution in [0.25, 0.3) is 0 Å². The Bertz CT molecular complexity index is 1680. The first kappa shape index (κ1) is 36.4. The second kappa shape index (κ2) is 15.4. The number of rotatable bonds is 12. The van der Waals surface area contributed by atoms with Gasteiger partial charge in [-0.15, -0.1) is 0 Å². The second-order valence-electron chi connectivity index (χ2n) is 14.0. The molecule has 8 atom stereocenters. The molecule has 2 aromatic carbocycles. The van der Waals surface area contributed by atoms with Crippen LogP contribution in [-0.2, 0) is 16.0 Å². The number of benzene rings is 2. The number of nitrogens with two attached hydrogens (primary N) is 1. The number of allylic oxidation sites excluding steroid dienone is 3. The average molecular weight is 708 g/mol. The zero-order chi connectivity index (χ0) is 36.3. The first-order chi connectivity index (χ1) is 24.5. The summed E-state index contributed by atoms with van der Waals surface area (Å²) >= 11 is 0. The minimum absolute atomic E-state index is 0.0663. The van der Waals surface area contributed by atoms with Gasteiger partial charge in [-0.25, -0.2) is 0 Å². The molecule has 9 N–H and O–H groups in total. The SMILES string of the molecule is COc1cc([C@@H]2C[C@@H](O)C[C@H](CCc3ccc(O)c(OCO)c3)O2)cc(OC[C@H]2N[C@H](C)CC[C@]23[C@@H](C(=O)O)C=C[C@@H]3C2=CCNC(N)=C2)c1O. The molecule has 13 heteroatoms. The van der Waals surface area contributed by atoms with Crippen molar-refractivity contribution < 1.29 is 49.3 Å². The number of piperidine rings is 1. The molecule has 6 rings (SSSR count). The molecule has 13 nitrogen and oxygen atoms in total. The van der Waals surface area contributed by atoms with E-state index in [0.717, 1.165) is 17.6 Å². The number of aryl methyl sites for hydroxylation is 1. The number of carboxylic acids is 1. The number of hydrogen-bond donors (Lipinski definition) is 8. The summed E-state index contributed by atoms with van der Waals surface area (Å²) in [5.74, 6) is -1.06. The zero-order valence-corrected chi connectivity index (χ0v) is 29.0. The zero-order valence-electron chi connectivity index (χ0n) is 29.0. The molecule has 0 aromatic heterocycles. The summed E-state index contributed by atoms with van der Waals surface area (Å²) in [4.78, 5) is 12.8. The highest BCUT2D eigenvalue weighted by molar-refractivity contribution is 5.75. The Morgan fingerprint density at radius 2 is 1.90 bits per heavy atom. The summed E-state index contributed by atoms with van der Waals surface area (Å²) in [6.07, 6.45) is 9.60. The number of carboxylic acid groups (broad SMARTS) is 1. The molecule has 3 aliphatic heterocycles. The lowest BCUT2D eigenvalue weighted by Crippen LogP contribution is -2.61. The molecule has 0 unspecified atom stereocenters. The van der Waals surface area contributed by atoms with E-state index in [9.17, 15) is 25.2 Å². The smallest absolute Gasteiger partial charge is 0.311 e. The van der Waals surface area contributed by atoms with Crippen molar-refractivity contribution in [3.63, 3.8) is 0 Å². The fourth-order valence-corrected chi connectivity index (χ4v) is 8.32. The second-order valence-corrected chi connectivity index (χ2v) is 14.0. The molecule has 276 valence electrons. The number of carbonyl (C=O) groups is 1. The van der Waals surface area contributed by atoms with Gasteiger partial charge in [0.1, 0.15) is 6.61 Å². The number of ether oxygens (including phenoxy) is 4. The van der Waals surface area contributed by atoms with Gasteiger partial charge in [-0.3, -0.25) is 4.79 Å². The third-order valence-electron chi connectivity index (χ3n) is 10.8. The Hall–Kier alpha value is -4.43. The van der Waals surface area contributed by atoms with E-state index < -0.39 is 42.3 Å². The Morgan fingerprint density at radius 1 is 1.10 bits per heavy atom. The van der Waals surface area contributed by atoms with E-state index in [0.29, 0.717) is 50.0 Å². The fraction of sp³-hybridized carbons (Fsp3) is 0.500. The van der Waals surface area contributed by atoms with Gasteiger partial charge in [0.15, 0.2) is 29.8 Å². The molecule has 2 aromatic rings. The molecule has 1 aliphatic carbocycles. The van der Waals surface area contributed by atoms with Crippen LogP contribution in [0.1, 0.15) is 56.3 Å². The van der Waals surface area contributed by atoms with Crippen LogP contribution in [0.5, 0.6) is 28.7 Å². The summed E-state index contributed by atoms with van der Waals surface area (Å²) in [6, 6.07) is 8.05. The lowest BCUT2D eigenvalue weighted by molar-refractivity contribution is -0.147. The van der Waals surface area contributed by atoms with Gasteiger partial charge in [0.25, 0.3) is 0 Å². The van der Waals surface area contributed by atoms with Gasteiger partial charge >= 0.3 is 5.97 Å². The van der Waals surface area contributed by atoms with Crippen LogP contribution in [0.3, 0.4) is 0 Å². The molecule has 0 saturated carbocycles. The Kier molecular flexibility index (Phi) is 11.0. The lowest BCUT2D eigenvalue weighted by Gasteiger charge is -2.50. The quantitative estimate of drug-likeness (QED) is 0.118. The minimum atomic E-state index is -0.903. The number of nitrogens with one attached hydrogen (secondary N) is 2. The van der Waals surface area contributed by atoms with Crippen LogP contribution < -0.4 is 30.6 Å². The number of hydrogen-bond acceptors (Lipinski definition) is 12. The van der Waals surface area contributed by atoms with Crippen molar-refractivity contribution in [3.05, 3.63) is 77.2 Å². The summed E-state index contributed by atoms with van der Waals surface area (Å²) in [5, 5.41) is 58.4. The van der Waals surface area contributed by atoms with Crippen LogP contribution in [0.2, 0.25) is 0 Å². The van der Waals surface area contributed by atoms with Crippen molar-refractivity contribution in [2.45, 2.75) is 75.8 Å². The topological polar surface area (TPSA) is 205 Å². The molecule has 0 amide bonds. The Balaban J connectivity index is 1.22. The van der Waals surface area contributed by atoms with Crippen molar-refractivity contribution in [1.82, 2.24) is 10.6 Å². The Morgan fingerprint density at radius 3 is 2.65 bits per heavy atom. The van der Waals surface area contributed by atoms with Crippen LogP contribution in [0.4, 0.5) is 0 Å². The van der Waals surface area contributed by atoms with Crippen molar-refractivity contribution in [3.8, 4) is 28.7 Å². The van der Waals surface area contributed by atoms with Crippen molar-refractivity contribution in [2.75, 3.05) is 27.1 Å². The van der Waals surface area contributed by atoms with Crippen molar-refractivity contribution in [2.24, 2.45) is 23.0 Å². The van der Waals surface area contributed by atoms with Gasteiger partial charge in [-0.2, -0.15) is 0 Å². The number of aromatic hydroxyl groups is 2. The maximum absolute atomic E-state index is 12.8. The van der Waals surface area contributed by atoms with E-state index in [4.69, 9.17) is 29.8 Å². The average Bonchev–Trinajstić information content (AvgIpc) is 3.49. The van der Waals surface area contributed by atoms with Crippen LogP contribution in [0, 0.1) is 17.3 Å². The number of phenols is 2.